The Hall–Kier alpha value is -1.82. The standard InChI is InChI=1S/C20H14BrClN2OS/c21-12-7-8-18-14(10-12)17-11-16(19-6-3-9-26-19)23-24(17)20(25-18)13-4-1-2-5-15(13)22/h1-10,17,20H,11H2/t17-,20-/m0/s1. The van der Waals surface area contributed by atoms with Crippen LogP contribution in [0.5, 0.6) is 5.75 Å². The van der Waals surface area contributed by atoms with Crippen LogP contribution in [0.3, 0.4) is 0 Å². The minimum atomic E-state index is -0.333. The predicted octanol–water partition coefficient (Wildman–Crippen LogP) is 6.41. The lowest BCUT2D eigenvalue weighted by Crippen LogP contribution is -2.33. The molecular formula is C20H14BrClN2OS. The minimum absolute atomic E-state index is 0.134. The third-order valence-electron chi connectivity index (χ3n) is 4.73. The maximum atomic E-state index is 6.48. The molecule has 2 aliphatic heterocycles. The number of halogens is 2. The van der Waals surface area contributed by atoms with Gasteiger partial charge in [0.05, 0.1) is 16.6 Å². The Bertz CT molecular complexity index is 1000. The largest absolute Gasteiger partial charge is 0.464 e. The summed E-state index contributed by atoms with van der Waals surface area (Å²) in [5, 5.41) is 9.78. The van der Waals surface area contributed by atoms with Gasteiger partial charge in [-0.05, 0) is 35.7 Å². The lowest BCUT2D eigenvalue weighted by Gasteiger charge is -2.38. The van der Waals surface area contributed by atoms with Crippen LogP contribution in [0, 0.1) is 0 Å². The highest BCUT2D eigenvalue weighted by Gasteiger charge is 2.41. The Morgan fingerprint density at radius 1 is 1.12 bits per heavy atom. The van der Waals surface area contributed by atoms with E-state index in [4.69, 9.17) is 21.4 Å². The van der Waals surface area contributed by atoms with Gasteiger partial charge in [-0.1, -0.05) is 51.8 Å². The summed E-state index contributed by atoms with van der Waals surface area (Å²) < 4.78 is 7.39. The average molecular weight is 446 g/mol. The first-order valence-corrected chi connectivity index (χ1v) is 10.4. The number of rotatable bonds is 2. The van der Waals surface area contributed by atoms with Crippen LogP contribution in [0.1, 0.15) is 34.7 Å². The second-order valence-electron chi connectivity index (χ2n) is 6.30. The lowest BCUT2D eigenvalue weighted by atomic mass is 9.98. The molecule has 0 radical (unpaired) electrons. The summed E-state index contributed by atoms with van der Waals surface area (Å²) in [7, 11) is 0. The van der Waals surface area contributed by atoms with E-state index in [-0.39, 0.29) is 12.3 Å². The Morgan fingerprint density at radius 3 is 2.81 bits per heavy atom. The molecule has 2 atom stereocenters. The van der Waals surface area contributed by atoms with Crippen molar-refractivity contribution in [2.45, 2.75) is 18.7 Å². The van der Waals surface area contributed by atoms with Crippen LogP contribution in [0.25, 0.3) is 0 Å². The van der Waals surface area contributed by atoms with E-state index in [1.54, 1.807) is 11.3 Å². The number of thiophene rings is 1. The molecule has 0 saturated carbocycles. The van der Waals surface area contributed by atoms with Gasteiger partial charge >= 0.3 is 0 Å². The summed E-state index contributed by atoms with van der Waals surface area (Å²) in [6.45, 7) is 0. The first-order valence-electron chi connectivity index (χ1n) is 8.31. The number of fused-ring (bicyclic) bond motifs is 3. The van der Waals surface area contributed by atoms with E-state index in [1.165, 1.54) is 4.88 Å². The van der Waals surface area contributed by atoms with Gasteiger partial charge in [0.1, 0.15) is 5.75 Å². The van der Waals surface area contributed by atoms with Crippen LogP contribution < -0.4 is 4.74 Å². The highest BCUT2D eigenvalue weighted by molar-refractivity contribution is 9.10. The van der Waals surface area contributed by atoms with Crippen molar-refractivity contribution in [3.63, 3.8) is 0 Å². The molecule has 5 rings (SSSR count). The van der Waals surface area contributed by atoms with Gasteiger partial charge in [-0.15, -0.1) is 11.3 Å². The van der Waals surface area contributed by atoms with Crippen LogP contribution in [-0.2, 0) is 0 Å². The SMILES string of the molecule is Clc1ccccc1[C@@H]1Oc2ccc(Br)cc2[C@@H]2CC(c3cccs3)=NN21. The van der Waals surface area contributed by atoms with E-state index in [0.29, 0.717) is 5.02 Å². The first kappa shape index (κ1) is 16.4. The zero-order valence-electron chi connectivity index (χ0n) is 13.6. The van der Waals surface area contributed by atoms with Crippen LogP contribution >= 0.6 is 38.9 Å². The van der Waals surface area contributed by atoms with Gasteiger partial charge in [0.15, 0.2) is 0 Å². The van der Waals surface area contributed by atoms with E-state index in [0.717, 1.165) is 33.5 Å². The Balaban J connectivity index is 1.64. The summed E-state index contributed by atoms with van der Waals surface area (Å²) in [4.78, 5) is 1.20. The molecule has 130 valence electrons. The molecule has 2 aromatic carbocycles. The highest BCUT2D eigenvalue weighted by Crippen LogP contribution is 2.49. The molecule has 3 nitrogen and oxygen atoms in total. The summed E-state index contributed by atoms with van der Waals surface area (Å²) in [6, 6.07) is 18.3. The molecule has 1 aromatic heterocycles. The summed E-state index contributed by atoms with van der Waals surface area (Å²) in [6.07, 6.45) is 0.522. The number of hydrogen-bond acceptors (Lipinski definition) is 4. The second kappa shape index (κ2) is 6.41. The molecule has 0 bridgehead atoms. The molecule has 0 saturated heterocycles. The third kappa shape index (κ3) is 2.66. The fraction of sp³-hybridized carbons (Fsp3) is 0.150. The Labute approximate surface area is 169 Å². The van der Waals surface area contributed by atoms with Crippen molar-refractivity contribution in [1.29, 1.82) is 0 Å². The number of hydrogen-bond donors (Lipinski definition) is 0. The maximum absolute atomic E-state index is 6.48. The molecule has 0 spiro atoms. The van der Waals surface area contributed by atoms with Gasteiger partial charge in [-0.2, -0.15) is 5.10 Å². The second-order valence-corrected chi connectivity index (χ2v) is 8.57. The van der Waals surface area contributed by atoms with Crippen molar-refractivity contribution < 1.29 is 4.74 Å². The molecule has 26 heavy (non-hydrogen) atoms. The summed E-state index contributed by atoms with van der Waals surface area (Å²) >= 11 is 11.8. The fourth-order valence-electron chi connectivity index (χ4n) is 3.53. The zero-order chi connectivity index (χ0) is 17.7. The van der Waals surface area contributed by atoms with Gasteiger partial charge in [0.25, 0.3) is 0 Å². The first-order chi connectivity index (χ1) is 12.7. The Kier molecular flexibility index (Phi) is 4.03. The molecule has 2 aliphatic rings. The lowest BCUT2D eigenvalue weighted by molar-refractivity contribution is -0.0190. The fourth-order valence-corrected chi connectivity index (χ4v) is 4.86. The van der Waals surface area contributed by atoms with E-state index in [2.05, 4.69) is 44.5 Å². The van der Waals surface area contributed by atoms with Crippen LogP contribution in [0.4, 0.5) is 0 Å². The van der Waals surface area contributed by atoms with Gasteiger partial charge < -0.3 is 4.74 Å². The third-order valence-corrected chi connectivity index (χ3v) is 6.49. The Morgan fingerprint density at radius 2 is 2.00 bits per heavy atom. The van der Waals surface area contributed by atoms with E-state index < -0.39 is 0 Å². The summed E-state index contributed by atoms with van der Waals surface area (Å²) in [5.41, 5.74) is 3.18. The van der Waals surface area contributed by atoms with Gasteiger partial charge in [-0.3, -0.25) is 0 Å². The quantitative estimate of drug-likeness (QED) is 0.455. The van der Waals surface area contributed by atoms with Crippen LogP contribution in [-0.4, -0.2) is 10.7 Å². The smallest absolute Gasteiger partial charge is 0.215 e. The normalized spacial score (nSPS) is 21.0. The minimum Gasteiger partial charge on any atom is -0.464 e. The van der Waals surface area contributed by atoms with Gasteiger partial charge in [0.2, 0.25) is 6.23 Å². The molecule has 0 aliphatic carbocycles. The monoisotopic (exact) mass is 444 g/mol. The van der Waals surface area contributed by atoms with Crippen molar-refractivity contribution >= 4 is 44.6 Å². The topological polar surface area (TPSA) is 24.8 Å². The number of nitrogens with zero attached hydrogens (tertiary/aromatic N) is 2. The zero-order valence-corrected chi connectivity index (χ0v) is 16.8. The molecule has 0 amide bonds. The van der Waals surface area contributed by atoms with Crippen LogP contribution in [0.15, 0.2) is 69.6 Å². The molecule has 3 heterocycles. The molecule has 0 N–H and O–H groups in total. The average Bonchev–Trinajstić information content (AvgIpc) is 3.31. The van der Waals surface area contributed by atoms with Gasteiger partial charge in [-0.25, -0.2) is 5.01 Å². The maximum Gasteiger partial charge on any atom is 0.215 e. The van der Waals surface area contributed by atoms with Crippen molar-refractivity contribution in [2.24, 2.45) is 5.10 Å². The van der Waals surface area contributed by atoms with E-state index in [9.17, 15) is 0 Å². The van der Waals surface area contributed by atoms with E-state index in [1.807, 2.05) is 36.4 Å². The number of hydrazone groups is 1. The van der Waals surface area contributed by atoms with E-state index >= 15 is 0 Å². The summed E-state index contributed by atoms with van der Waals surface area (Å²) in [5.74, 6) is 0.891. The molecule has 0 unspecified atom stereocenters. The molecule has 0 fully saturated rings. The van der Waals surface area contributed by atoms with Crippen molar-refractivity contribution in [1.82, 2.24) is 5.01 Å². The van der Waals surface area contributed by atoms with Crippen LogP contribution in [0.2, 0.25) is 5.02 Å². The van der Waals surface area contributed by atoms with Crippen molar-refractivity contribution in [3.05, 3.63) is 85.5 Å². The van der Waals surface area contributed by atoms with Crippen molar-refractivity contribution in [3.8, 4) is 5.75 Å². The number of benzene rings is 2. The number of ether oxygens (including phenoxy) is 1. The predicted molar refractivity (Wildman–Crippen MR) is 109 cm³/mol. The van der Waals surface area contributed by atoms with Gasteiger partial charge in [0, 0.05) is 27.0 Å². The molecule has 6 heteroatoms. The highest BCUT2D eigenvalue weighted by atomic mass is 79.9. The van der Waals surface area contributed by atoms with Crippen molar-refractivity contribution in [2.75, 3.05) is 0 Å². The molecular weight excluding hydrogens is 432 g/mol. The molecule has 3 aromatic rings.